The van der Waals surface area contributed by atoms with Crippen molar-refractivity contribution in [3.05, 3.63) is 111 Å². The molecule has 4 N–H and O–H groups in total. The zero-order valence-electron chi connectivity index (χ0n) is 39.9. The van der Waals surface area contributed by atoms with E-state index in [1.807, 2.05) is 36.1 Å². The van der Waals surface area contributed by atoms with Crippen LogP contribution >= 0.6 is 0 Å². The first-order chi connectivity index (χ1) is 33.0. The van der Waals surface area contributed by atoms with Gasteiger partial charge >= 0.3 is 5.69 Å². The van der Waals surface area contributed by atoms with E-state index < -0.39 is 11.9 Å². The molecule has 1 aromatic heterocycles. The highest BCUT2D eigenvalue weighted by molar-refractivity contribution is 6.00. The quantitative estimate of drug-likeness (QED) is 0.0590. The van der Waals surface area contributed by atoms with E-state index in [4.69, 9.17) is 0 Å². The van der Waals surface area contributed by atoms with Crippen LogP contribution in [0.1, 0.15) is 128 Å². The molecule has 0 bridgehead atoms. The second-order valence-corrected chi connectivity index (χ2v) is 19.6. The maximum atomic E-state index is 13.7. The topological polar surface area (TPSA) is 150 Å². The van der Waals surface area contributed by atoms with Crippen molar-refractivity contribution >= 4 is 51.1 Å². The fourth-order valence-corrected chi connectivity index (χ4v) is 10.9. The molecule has 4 fully saturated rings. The average molecular weight is 919 g/mol. The summed E-state index contributed by atoms with van der Waals surface area (Å²) in [5.41, 5.74) is 7.06. The Morgan fingerprint density at radius 1 is 0.824 bits per heavy atom. The van der Waals surface area contributed by atoms with E-state index >= 15 is 0 Å². The monoisotopic (exact) mass is 919 g/mol. The maximum Gasteiger partial charge on any atom is 0.329 e. The zero-order valence-corrected chi connectivity index (χ0v) is 39.9. The normalized spacial score (nSPS) is 19.4. The third-order valence-corrected chi connectivity index (χ3v) is 15.0. The number of hydrogen-bond acceptors (Lipinski definition) is 8. The van der Waals surface area contributed by atoms with Crippen LogP contribution in [0, 0.1) is 24.7 Å². The molecule has 5 heterocycles. The predicted octanol–water partition coefficient (Wildman–Crippen LogP) is 7.07. The van der Waals surface area contributed by atoms with E-state index in [0.717, 1.165) is 141 Å². The van der Waals surface area contributed by atoms with Crippen LogP contribution in [0.3, 0.4) is 0 Å². The van der Waals surface area contributed by atoms with E-state index in [1.165, 1.54) is 4.57 Å². The number of likely N-dealkylation sites (tertiary alicyclic amines) is 2. The number of carbonyl (C=O) groups is 4. The number of carbonyl (C=O) groups excluding carboxylic acids is 4. The molecule has 2 atom stereocenters. The second-order valence-electron chi connectivity index (χ2n) is 19.6. The molecule has 4 saturated heterocycles. The number of fused-ring (bicyclic) bond motifs is 2. The molecule has 0 aliphatic carbocycles. The summed E-state index contributed by atoms with van der Waals surface area (Å²) in [5.74, 6) is 7.19. The van der Waals surface area contributed by atoms with Crippen molar-refractivity contribution in [1.82, 2.24) is 34.9 Å². The van der Waals surface area contributed by atoms with Crippen molar-refractivity contribution < 1.29 is 19.2 Å². The van der Waals surface area contributed by atoms with Crippen LogP contribution in [-0.4, -0.2) is 94.4 Å². The van der Waals surface area contributed by atoms with Crippen molar-refractivity contribution in [3.63, 3.8) is 0 Å². The van der Waals surface area contributed by atoms with E-state index in [0.29, 0.717) is 35.9 Å². The van der Waals surface area contributed by atoms with Gasteiger partial charge in [-0.15, -0.1) is 0 Å². The van der Waals surface area contributed by atoms with E-state index in [-0.39, 0.29) is 41.8 Å². The van der Waals surface area contributed by atoms with Gasteiger partial charge in [-0.1, -0.05) is 54.3 Å². The van der Waals surface area contributed by atoms with Gasteiger partial charge in [-0.2, -0.15) is 0 Å². The number of aromatic nitrogens is 2. The van der Waals surface area contributed by atoms with E-state index in [1.54, 1.807) is 11.6 Å². The van der Waals surface area contributed by atoms with Gasteiger partial charge in [0.2, 0.25) is 17.7 Å². The Hall–Kier alpha value is -6.23. The molecule has 4 aliphatic rings. The lowest BCUT2D eigenvalue weighted by molar-refractivity contribution is -0.136. The summed E-state index contributed by atoms with van der Waals surface area (Å²) >= 11 is 0. The minimum Gasteiger partial charge on any atom is -0.382 e. The predicted molar refractivity (Wildman–Crippen MR) is 268 cm³/mol. The molecule has 2 unspecified atom stereocenters. The van der Waals surface area contributed by atoms with Gasteiger partial charge in [0.1, 0.15) is 6.04 Å². The summed E-state index contributed by atoms with van der Waals surface area (Å²) in [6.45, 7) is 10.5. The first-order valence-corrected chi connectivity index (χ1v) is 25.0. The number of unbranched alkanes of at least 4 members (excludes halogenated alkanes) is 1. The Morgan fingerprint density at radius 2 is 1.59 bits per heavy atom. The molecule has 13 heteroatoms. The Kier molecular flexibility index (Phi) is 14.4. The molecule has 68 heavy (non-hydrogen) atoms. The highest BCUT2D eigenvalue weighted by Gasteiger charge is 2.32. The van der Waals surface area contributed by atoms with Crippen LogP contribution in [0.4, 0.5) is 5.69 Å². The number of hydrogen-bond donors (Lipinski definition) is 4. The van der Waals surface area contributed by atoms with Crippen LogP contribution in [0.5, 0.6) is 0 Å². The largest absolute Gasteiger partial charge is 0.382 e. The molecule has 4 amide bonds. The molecule has 0 spiro atoms. The van der Waals surface area contributed by atoms with E-state index in [2.05, 4.69) is 93.5 Å². The van der Waals surface area contributed by atoms with Gasteiger partial charge in [-0.3, -0.25) is 33.6 Å². The minimum atomic E-state index is -0.703. The van der Waals surface area contributed by atoms with Gasteiger partial charge in [0.15, 0.2) is 0 Å². The van der Waals surface area contributed by atoms with Crippen LogP contribution in [0.25, 0.3) is 21.8 Å². The molecular weight excluding hydrogens is 853 g/mol. The Labute approximate surface area is 399 Å². The number of piperidine rings is 4. The third kappa shape index (κ3) is 10.4. The lowest BCUT2D eigenvalue weighted by Crippen LogP contribution is -2.44. The van der Waals surface area contributed by atoms with Gasteiger partial charge in [0.25, 0.3) is 5.91 Å². The third-order valence-electron chi connectivity index (χ3n) is 15.0. The highest BCUT2D eigenvalue weighted by Crippen LogP contribution is 2.33. The summed E-state index contributed by atoms with van der Waals surface area (Å²) in [5, 5.41) is 14.9. The lowest BCUT2D eigenvalue weighted by Gasteiger charge is -2.32. The molecule has 0 radical (unpaired) electrons. The van der Waals surface area contributed by atoms with Gasteiger partial charge in [0, 0.05) is 61.8 Å². The number of anilines is 1. The van der Waals surface area contributed by atoms with Crippen molar-refractivity contribution in [2.45, 2.75) is 109 Å². The molecule has 4 aliphatic heterocycles. The van der Waals surface area contributed by atoms with Crippen molar-refractivity contribution in [3.8, 4) is 11.8 Å². The number of amides is 4. The first-order valence-electron chi connectivity index (χ1n) is 25.0. The fourth-order valence-electron chi connectivity index (χ4n) is 10.9. The van der Waals surface area contributed by atoms with Crippen LogP contribution in [-0.2, 0) is 21.4 Å². The number of aryl methyl sites for hydroxylation is 2. The van der Waals surface area contributed by atoms with Crippen LogP contribution in [0.2, 0.25) is 0 Å². The summed E-state index contributed by atoms with van der Waals surface area (Å²) in [6.07, 6.45) is 8.88. The van der Waals surface area contributed by atoms with E-state index in [9.17, 15) is 24.0 Å². The lowest BCUT2D eigenvalue weighted by atomic mass is 9.89. The molecule has 5 aromatic rings. The number of rotatable bonds is 12. The smallest absolute Gasteiger partial charge is 0.329 e. The second kappa shape index (κ2) is 21.0. The number of nitrogens with zero attached hydrogens (tertiary/aromatic N) is 4. The first kappa shape index (κ1) is 46.9. The number of imidazole rings is 1. The minimum absolute atomic E-state index is 0.0725. The maximum absolute atomic E-state index is 13.7. The van der Waals surface area contributed by atoms with Crippen molar-refractivity contribution in [1.29, 1.82) is 0 Å². The van der Waals surface area contributed by atoms with Crippen LogP contribution < -0.4 is 27.0 Å². The summed E-state index contributed by atoms with van der Waals surface area (Å²) in [6, 6.07) is 24.2. The molecule has 356 valence electrons. The molecular formula is C55H66N8O5. The van der Waals surface area contributed by atoms with Gasteiger partial charge in [-0.05, 0) is 168 Å². The molecule has 9 rings (SSSR count). The SMILES string of the molecule is Cc1ccc(NC2CCNCC2)cc1C(=O)NC(C)c1ccc(C#CC2CCN(CCCCC(=O)N3CCC(c4ccc5c(c4)n(C)c(=O)n5C4CCC(=O)NC4=O)CC3)CC2)c2ccccc12. The summed E-state index contributed by atoms with van der Waals surface area (Å²) in [7, 11) is 1.72. The Balaban J connectivity index is 0.713. The van der Waals surface area contributed by atoms with Gasteiger partial charge in [-0.25, -0.2) is 4.79 Å². The van der Waals surface area contributed by atoms with Crippen LogP contribution in [0.15, 0.2) is 77.6 Å². The summed E-state index contributed by atoms with van der Waals surface area (Å²) < 4.78 is 3.10. The van der Waals surface area contributed by atoms with Crippen molar-refractivity contribution in [2.24, 2.45) is 13.0 Å². The fraction of sp³-hybridized carbons (Fsp3) is 0.473. The van der Waals surface area contributed by atoms with Crippen molar-refractivity contribution in [2.75, 3.05) is 51.1 Å². The number of nitrogens with one attached hydrogen (secondary N) is 4. The van der Waals surface area contributed by atoms with Gasteiger partial charge < -0.3 is 25.8 Å². The highest BCUT2D eigenvalue weighted by atomic mass is 16.2. The molecule has 0 saturated carbocycles. The molecule has 4 aromatic carbocycles. The Morgan fingerprint density at radius 3 is 2.35 bits per heavy atom. The Bertz CT molecular complexity index is 2810. The zero-order chi connectivity index (χ0) is 47.3. The number of benzene rings is 4. The van der Waals surface area contributed by atoms with Gasteiger partial charge in [0.05, 0.1) is 17.1 Å². The standard InChI is InChI=1S/C55H66N8O5/c1-36-11-16-43(58-42-21-27-56-28-22-42)35-47(36)53(66)57-37(2)44-17-14-40(45-8-4-5-9-46(44)45)13-12-38-23-30-61(31-24-38)29-7-6-10-52(65)62-32-25-39(26-33-62)41-15-18-48-50(34-41)60(3)55(68)63(48)49-19-20-51(64)59-54(49)67/h4-5,8-9,11,14-18,34-35,37-39,42,49,56,58H,6-7,10,19-33H2,1-3H3,(H,57,66)(H,59,64,67). The average Bonchev–Trinajstić information content (AvgIpc) is 3.60. The molecule has 13 nitrogen and oxygen atoms in total. The summed E-state index contributed by atoms with van der Waals surface area (Å²) in [4.78, 5) is 69.0. The number of imide groups is 1.